The van der Waals surface area contributed by atoms with Gasteiger partial charge in [0.2, 0.25) is 0 Å². The summed E-state index contributed by atoms with van der Waals surface area (Å²) >= 11 is 0. The van der Waals surface area contributed by atoms with Crippen molar-refractivity contribution in [3.63, 3.8) is 0 Å². The molecule has 3 heterocycles. The van der Waals surface area contributed by atoms with Gasteiger partial charge < -0.3 is 9.13 Å². The summed E-state index contributed by atoms with van der Waals surface area (Å²) in [4.78, 5) is 25.9. The average Bonchev–Trinajstić information content (AvgIpc) is 1.56. The van der Waals surface area contributed by atoms with Crippen molar-refractivity contribution in [2.45, 2.75) is 53.4 Å². The lowest BCUT2D eigenvalue weighted by Crippen LogP contribution is -2.22. The summed E-state index contributed by atoms with van der Waals surface area (Å²) in [6.45, 7) is 18.1. The van der Waals surface area contributed by atoms with Gasteiger partial charge in [-0.1, -0.05) is 232 Å². The minimum absolute atomic E-state index is 0.121. The molecule has 11 aromatic rings. The second-order valence-corrected chi connectivity index (χ2v) is 24.2. The molecular weight excluding hydrogens is 1120 g/mol. The van der Waals surface area contributed by atoms with Crippen LogP contribution in [0.3, 0.4) is 0 Å². The highest BCUT2D eigenvalue weighted by atomic mass is 15.0. The molecule has 2 unspecified atom stereocenters. The van der Waals surface area contributed by atoms with Gasteiger partial charge in [0, 0.05) is 78.1 Å². The zero-order valence-corrected chi connectivity index (χ0v) is 52.5. The summed E-state index contributed by atoms with van der Waals surface area (Å²) in [6, 6.07) is 74.0. The molecule has 0 aliphatic heterocycles. The molecule has 0 bridgehead atoms. The normalized spacial score (nSPS) is 17.2. The lowest BCUT2D eigenvalue weighted by molar-refractivity contribution is 0.515. The highest BCUT2D eigenvalue weighted by Gasteiger charge is 2.33. The summed E-state index contributed by atoms with van der Waals surface area (Å²) in [7, 11) is 0. The van der Waals surface area contributed by atoms with Crippen molar-refractivity contribution >= 4 is 61.6 Å². The van der Waals surface area contributed by atoms with Gasteiger partial charge in [-0.2, -0.15) is 0 Å². The number of aliphatic imine (C=N–C) groups is 2. The van der Waals surface area contributed by atoms with E-state index in [1.807, 2.05) is 54.6 Å². The fourth-order valence-corrected chi connectivity index (χ4v) is 13.4. The molecule has 8 aromatic carbocycles. The van der Waals surface area contributed by atoms with Gasteiger partial charge in [-0.15, -0.1) is 6.58 Å². The Morgan fingerprint density at radius 3 is 1.95 bits per heavy atom. The van der Waals surface area contributed by atoms with E-state index in [1.165, 1.54) is 33.4 Å². The molecule has 7 heteroatoms. The van der Waals surface area contributed by atoms with Crippen LogP contribution in [-0.4, -0.2) is 35.6 Å². The number of para-hydroxylation sites is 2. The van der Waals surface area contributed by atoms with Crippen molar-refractivity contribution in [2.75, 3.05) is 0 Å². The zero-order chi connectivity index (χ0) is 62.7. The standard InChI is InChI=1S/C85H71N7/c1-7-60(47-49-70-56-74-72(42-28-43-77(74)91(70)68-37-23-13-24-38-68)84-89-82(63-33-19-11-20-34-63)88-83(90-84)64-35-21-12-22-36-64)65-46-45-57(3)73(53-65)76-55-67(51-52-85(76,6)8-2)66-48-50-78-75(54-66)80-71(41-27-44-79(80)92(78)69-39-25-14-26-40-69)59(5)87-81(62-31-17-10-18-32-62)86-58(4)61-29-15-9-16-30-61/h7-15,17-29,31-51,54-56,65H,2,5,16,30,52-53H2,1,3-4,6H3/b49-47-,60-7+,86-58?,87-81?. The van der Waals surface area contributed by atoms with Gasteiger partial charge >= 0.3 is 0 Å². The Morgan fingerprint density at radius 1 is 0.652 bits per heavy atom. The Labute approximate surface area is 539 Å². The van der Waals surface area contributed by atoms with E-state index in [9.17, 15) is 0 Å². The zero-order valence-electron chi connectivity index (χ0n) is 52.5. The Balaban J connectivity index is 0.818. The molecule has 0 saturated heterocycles. The van der Waals surface area contributed by atoms with Crippen LogP contribution in [0.5, 0.6) is 0 Å². The molecule has 446 valence electrons. The van der Waals surface area contributed by atoms with Crippen LogP contribution in [0, 0.1) is 11.3 Å². The average molecular weight is 1190 g/mol. The van der Waals surface area contributed by atoms with Gasteiger partial charge in [0.25, 0.3) is 0 Å². The second-order valence-electron chi connectivity index (χ2n) is 24.2. The molecule has 0 N–H and O–H groups in total. The van der Waals surface area contributed by atoms with Gasteiger partial charge in [-0.05, 0) is 146 Å². The van der Waals surface area contributed by atoms with Gasteiger partial charge in [0.1, 0.15) is 0 Å². The third kappa shape index (κ3) is 11.4. The lowest BCUT2D eigenvalue weighted by atomic mass is 9.68. The van der Waals surface area contributed by atoms with E-state index < -0.39 is 0 Å². The molecule has 0 spiro atoms. The summed E-state index contributed by atoms with van der Waals surface area (Å²) in [6.07, 6.45) is 28.7. The molecule has 0 amide bonds. The van der Waals surface area contributed by atoms with Gasteiger partial charge in [0.15, 0.2) is 23.3 Å². The number of amidine groups is 1. The van der Waals surface area contributed by atoms with E-state index in [0.29, 0.717) is 29.0 Å². The van der Waals surface area contributed by atoms with Crippen LogP contribution < -0.4 is 0 Å². The predicted octanol–water partition coefficient (Wildman–Crippen LogP) is 21.5. The molecule has 3 aliphatic carbocycles. The molecule has 14 rings (SSSR count). The van der Waals surface area contributed by atoms with Crippen molar-refractivity contribution in [1.82, 2.24) is 24.1 Å². The molecule has 7 nitrogen and oxygen atoms in total. The quantitative estimate of drug-likeness (QED) is 0.0444. The van der Waals surface area contributed by atoms with Crippen LogP contribution in [0.25, 0.3) is 95.6 Å². The Bertz CT molecular complexity index is 4960. The second kappa shape index (κ2) is 25.4. The van der Waals surface area contributed by atoms with Crippen LogP contribution in [0.2, 0.25) is 0 Å². The highest BCUT2D eigenvalue weighted by Crippen LogP contribution is 2.49. The summed E-state index contributed by atoms with van der Waals surface area (Å²) in [5.74, 6) is 2.64. The van der Waals surface area contributed by atoms with Crippen LogP contribution in [-0.2, 0) is 0 Å². The first kappa shape index (κ1) is 58.5. The molecule has 0 radical (unpaired) electrons. The van der Waals surface area contributed by atoms with Crippen LogP contribution in [0.15, 0.2) is 324 Å². The molecule has 2 atom stereocenters. The summed E-state index contributed by atoms with van der Waals surface area (Å²) in [5, 5.41) is 3.28. The lowest BCUT2D eigenvalue weighted by Gasteiger charge is -2.36. The topological polar surface area (TPSA) is 73.2 Å². The van der Waals surface area contributed by atoms with E-state index >= 15 is 0 Å². The first-order valence-electron chi connectivity index (χ1n) is 31.9. The highest BCUT2D eigenvalue weighted by molar-refractivity contribution is 6.17. The fraction of sp³-hybridized carbons (Fsp3) is 0.118. The van der Waals surface area contributed by atoms with Crippen molar-refractivity contribution in [3.05, 3.63) is 336 Å². The van der Waals surface area contributed by atoms with E-state index in [-0.39, 0.29) is 11.3 Å². The molecular formula is C85H71N7. The van der Waals surface area contributed by atoms with Crippen molar-refractivity contribution in [2.24, 2.45) is 21.3 Å². The molecule has 0 saturated carbocycles. The number of hydrogen-bond acceptors (Lipinski definition) is 4. The Kier molecular flexibility index (Phi) is 16.1. The molecule has 0 fully saturated rings. The van der Waals surface area contributed by atoms with Gasteiger partial charge in [-0.25, -0.2) is 24.9 Å². The van der Waals surface area contributed by atoms with E-state index in [1.54, 1.807) is 0 Å². The van der Waals surface area contributed by atoms with Crippen molar-refractivity contribution in [3.8, 4) is 45.5 Å². The molecule has 92 heavy (non-hydrogen) atoms. The Hall–Kier alpha value is -11.2. The smallest absolute Gasteiger partial charge is 0.164 e. The predicted molar refractivity (Wildman–Crippen MR) is 387 cm³/mol. The van der Waals surface area contributed by atoms with E-state index in [2.05, 4.69) is 268 Å². The van der Waals surface area contributed by atoms with E-state index in [0.717, 1.165) is 115 Å². The van der Waals surface area contributed by atoms with Crippen molar-refractivity contribution < 1.29 is 0 Å². The number of aromatic nitrogens is 5. The fourth-order valence-electron chi connectivity index (χ4n) is 13.4. The number of rotatable bonds is 15. The third-order valence-corrected chi connectivity index (χ3v) is 18.4. The van der Waals surface area contributed by atoms with Gasteiger partial charge in [0.05, 0.1) is 22.2 Å². The largest absolute Gasteiger partial charge is 0.310 e. The maximum Gasteiger partial charge on any atom is 0.164 e. The summed E-state index contributed by atoms with van der Waals surface area (Å²) < 4.78 is 4.72. The number of nitrogens with zero attached hydrogens (tertiary/aromatic N) is 7. The van der Waals surface area contributed by atoms with Gasteiger partial charge in [-0.3, -0.25) is 0 Å². The Morgan fingerprint density at radius 2 is 1.28 bits per heavy atom. The van der Waals surface area contributed by atoms with Crippen LogP contribution in [0.4, 0.5) is 0 Å². The monoisotopic (exact) mass is 1190 g/mol. The molecule has 3 aliphatic rings. The minimum atomic E-state index is -0.295. The first-order chi connectivity index (χ1) is 45.1. The first-order valence-corrected chi connectivity index (χ1v) is 31.9. The number of allylic oxidation sites excluding steroid dienone is 16. The number of hydrogen-bond donors (Lipinski definition) is 0. The maximum absolute atomic E-state index is 5.33. The third-order valence-electron chi connectivity index (χ3n) is 18.4. The minimum Gasteiger partial charge on any atom is -0.310 e. The SMILES string of the molecule is C=CC1(C)CC=C(c2ccc3c(c2)c2c(C(=C)N=C(N=C(C)C4=CC=CCC4)c4ccccc4)cccc2n3-c2ccccc2)C=C1C1=C(C)C=CC(C(/C=C\c2cc3c(-c4nc(-c5ccccc5)nc(-c5ccccc5)n4)cccc3n2-c2ccccc2)=C/C)C1. The summed E-state index contributed by atoms with van der Waals surface area (Å²) in [5.41, 5.74) is 21.2. The maximum atomic E-state index is 5.33. The van der Waals surface area contributed by atoms with Crippen LogP contribution >= 0.6 is 0 Å². The van der Waals surface area contributed by atoms with Crippen LogP contribution in [0.1, 0.15) is 75.8 Å². The number of fused-ring (bicyclic) bond motifs is 4. The molecule has 3 aromatic heterocycles. The van der Waals surface area contributed by atoms with Crippen molar-refractivity contribution in [1.29, 1.82) is 0 Å². The number of benzene rings is 8. The van der Waals surface area contributed by atoms with E-state index in [4.69, 9.17) is 31.5 Å².